The molecule has 2 unspecified atom stereocenters. The molecular formula is C14H24N2O3S. The van der Waals surface area contributed by atoms with Crippen LogP contribution in [-0.2, 0) is 9.84 Å². The number of aliphatic hydroxyl groups excluding tert-OH is 1. The van der Waals surface area contributed by atoms with E-state index in [0.29, 0.717) is 18.2 Å². The van der Waals surface area contributed by atoms with Crippen LogP contribution in [0.3, 0.4) is 0 Å². The first kappa shape index (κ1) is 17.1. The van der Waals surface area contributed by atoms with Crippen molar-refractivity contribution in [2.24, 2.45) is 0 Å². The van der Waals surface area contributed by atoms with Gasteiger partial charge in [-0.25, -0.2) is 8.42 Å². The Morgan fingerprint density at radius 1 is 1.20 bits per heavy atom. The number of likely N-dealkylation sites (N-methyl/N-ethyl adjacent to an activating group) is 1. The Hall–Kier alpha value is -0.950. The fourth-order valence-electron chi connectivity index (χ4n) is 1.67. The van der Waals surface area contributed by atoms with E-state index in [1.807, 2.05) is 14.1 Å². The molecule has 1 rings (SSSR count). The van der Waals surface area contributed by atoms with Crippen molar-refractivity contribution >= 4 is 9.84 Å². The van der Waals surface area contributed by atoms with E-state index in [-0.39, 0.29) is 4.90 Å². The van der Waals surface area contributed by atoms with E-state index in [4.69, 9.17) is 0 Å². The molecule has 0 amide bonds. The third-order valence-corrected chi connectivity index (χ3v) is 4.48. The molecule has 0 spiro atoms. The minimum atomic E-state index is -3.19. The van der Waals surface area contributed by atoms with Gasteiger partial charge in [-0.2, -0.15) is 0 Å². The second kappa shape index (κ2) is 7.17. The molecule has 6 heteroatoms. The van der Waals surface area contributed by atoms with Crippen LogP contribution in [0.1, 0.15) is 18.6 Å². The summed E-state index contributed by atoms with van der Waals surface area (Å²) in [6.07, 6.45) is 0.529. The van der Waals surface area contributed by atoms with Gasteiger partial charge in [0, 0.05) is 25.4 Å². The maximum Gasteiger partial charge on any atom is 0.175 e. The molecule has 0 aliphatic carbocycles. The van der Waals surface area contributed by atoms with Gasteiger partial charge in [0.1, 0.15) is 0 Å². The van der Waals surface area contributed by atoms with Crippen LogP contribution in [0.5, 0.6) is 0 Å². The van der Waals surface area contributed by atoms with Gasteiger partial charge in [0.25, 0.3) is 0 Å². The second-order valence-corrected chi connectivity index (χ2v) is 7.34. The summed E-state index contributed by atoms with van der Waals surface area (Å²) >= 11 is 0. The Morgan fingerprint density at radius 2 is 1.75 bits per heavy atom. The fraction of sp³-hybridized carbons (Fsp3) is 0.571. The minimum Gasteiger partial charge on any atom is -0.387 e. The van der Waals surface area contributed by atoms with Gasteiger partial charge in [0.2, 0.25) is 0 Å². The predicted octanol–water partition coefficient (Wildman–Crippen LogP) is 0.663. The van der Waals surface area contributed by atoms with E-state index in [1.165, 1.54) is 18.4 Å². The first-order chi connectivity index (χ1) is 9.21. The number of sulfone groups is 1. The standard InChI is InChI=1S/C14H24N2O3S/c1-11(16(2)3)9-15-10-14(17)12-5-7-13(8-6-12)20(4,18)19/h5-8,11,14-15,17H,9-10H2,1-4H3. The number of benzene rings is 1. The number of nitrogens with one attached hydrogen (secondary N) is 1. The van der Waals surface area contributed by atoms with Crippen LogP contribution >= 0.6 is 0 Å². The number of aliphatic hydroxyl groups is 1. The van der Waals surface area contributed by atoms with E-state index in [0.717, 1.165) is 6.54 Å². The first-order valence-corrected chi connectivity index (χ1v) is 8.46. The highest BCUT2D eigenvalue weighted by Crippen LogP contribution is 2.15. The van der Waals surface area contributed by atoms with Crippen LogP contribution in [0.15, 0.2) is 29.2 Å². The normalized spacial score (nSPS) is 15.3. The average Bonchev–Trinajstić information content (AvgIpc) is 2.37. The van der Waals surface area contributed by atoms with Crippen LogP contribution in [0, 0.1) is 0 Å². The summed E-state index contributed by atoms with van der Waals surface area (Å²) in [5.74, 6) is 0. The highest BCUT2D eigenvalue weighted by molar-refractivity contribution is 7.90. The fourth-order valence-corrected chi connectivity index (χ4v) is 2.30. The maximum atomic E-state index is 11.3. The molecule has 0 heterocycles. The van der Waals surface area contributed by atoms with Crippen LogP contribution in [0.2, 0.25) is 0 Å². The van der Waals surface area contributed by atoms with Crippen molar-refractivity contribution in [1.82, 2.24) is 10.2 Å². The Morgan fingerprint density at radius 3 is 2.20 bits per heavy atom. The molecule has 5 nitrogen and oxygen atoms in total. The van der Waals surface area contributed by atoms with Crippen molar-refractivity contribution in [2.75, 3.05) is 33.4 Å². The maximum absolute atomic E-state index is 11.3. The van der Waals surface area contributed by atoms with Crippen molar-refractivity contribution in [3.63, 3.8) is 0 Å². The second-order valence-electron chi connectivity index (χ2n) is 5.33. The van der Waals surface area contributed by atoms with Gasteiger partial charge in [-0.3, -0.25) is 0 Å². The summed E-state index contributed by atoms with van der Waals surface area (Å²) in [6.45, 7) is 3.32. The highest BCUT2D eigenvalue weighted by atomic mass is 32.2. The number of hydrogen-bond acceptors (Lipinski definition) is 5. The molecule has 0 fully saturated rings. The zero-order valence-corrected chi connectivity index (χ0v) is 13.3. The monoisotopic (exact) mass is 300 g/mol. The summed E-state index contributed by atoms with van der Waals surface area (Å²) in [4.78, 5) is 2.36. The van der Waals surface area contributed by atoms with Crippen molar-refractivity contribution in [1.29, 1.82) is 0 Å². The molecular weight excluding hydrogens is 276 g/mol. The first-order valence-electron chi connectivity index (χ1n) is 6.57. The molecule has 0 saturated carbocycles. The number of nitrogens with zero attached hydrogens (tertiary/aromatic N) is 1. The molecule has 1 aromatic carbocycles. The minimum absolute atomic E-state index is 0.266. The lowest BCUT2D eigenvalue weighted by atomic mass is 10.1. The van der Waals surface area contributed by atoms with Gasteiger partial charge in [0.05, 0.1) is 11.0 Å². The molecule has 114 valence electrons. The molecule has 2 atom stereocenters. The lowest BCUT2D eigenvalue weighted by Gasteiger charge is -2.21. The van der Waals surface area contributed by atoms with Gasteiger partial charge in [-0.1, -0.05) is 12.1 Å². The molecule has 0 aromatic heterocycles. The summed E-state index contributed by atoms with van der Waals surface area (Å²) in [5.41, 5.74) is 0.711. The number of rotatable bonds is 7. The summed E-state index contributed by atoms with van der Waals surface area (Å²) < 4.78 is 22.7. The molecule has 0 aliphatic rings. The van der Waals surface area contributed by atoms with Gasteiger partial charge in [-0.05, 0) is 38.7 Å². The van der Waals surface area contributed by atoms with E-state index < -0.39 is 15.9 Å². The third-order valence-electron chi connectivity index (χ3n) is 3.35. The van der Waals surface area contributed by atoms with Crippen molar-refractivity contribution in [3.8, 4) is 0 Å². The van der Waals surface area contributed by atoms with E-state index in [2.05, 4.69) is 17.1 Å². The Bertz CT molecular complexity index is 512. The van der Waals surface area contributed by atoms with Gasteiger partial charge < -0.3 is 15.3 Å². The van der Waals surface area contributed by atoms with Gasteiger partial charge in [-0.15, -0.1) is 0 Å². The molecule has 20 heavy (non-hydrogen) atoms. The lowest BCUT2D eigenvalue weighted by molar-refractivity contribution is 0.170. The zero-order valence-electron chi connectivity index (χ0n) is 12.5. The number of hydrogen-bond donors (Lipinski definition) is 2. The smallest absolute Gasteiger partial charge is 0.175 e. The largest absolute Gasteiger partial charge is 0.387 e. The predicted molar refractivity (Wildman–Crippen MR) is 80.5 cm³/mol. The van der Waals surface area contributed by atoms with Gasteiger partial charge in [0.15, 0.2) is 9.84 Å². The summed E-state index contributed by atoms with van der Waals surface area (Å²) in [6, 6.07) is 6.73. The SMILES string of the molecule is CC(CNCC(O)c1ccc(S(C)(=O)=O)cc1)N(C)C. The topological polar surface area (TPSA) is 69.6 Å². The molecule has 1 aromatic rings. The molecule has 2 N–H and O–H groups in total. The third kappa shape index (κ3) is 5.20. The Labute approximate surface area is 121 Å². The van der Waals surface area contributed by atoms with Crippen LogP contribution in [0.25, 0.3) is 0 Å². The average molecular weight is 300 g/mol. The van der Waals surface area contributed by atoms with Crippen LogP contribution in [0.4, 0.5) is 0 Å². The Kier molecular flexibility index (Phi) is 6.13. The molecule has 0 radical (unpaired) electrons. The van der Waals surface area contributed by atoms with Gasteiger partial charge >= 0.3 is 0 Å². The molecule has 0 bridgehead atoms. The summed E-state index contributed by atoms with van der Waals surface area (Å²) in [5, 5.41) is 13.2. The van der Waals surface area contributed by atoms with Crippen molar-refractivity contribution in [2.45, 2.75) is 24.0 Å². The zero-order chi connectivity index (χ0) is 15.3. The van der Waals surface area contributed by atoms with E-state index in [9.17, 15) is 13.5 Å². The highest BCUT2D eigenvalue weighted by Gasteiger charge is 2.11. The van der Waals surface area contributed by atoms with Crippen LogP contribution < -0.4 is 5.32 Å². The van der Waals surface area contributed by atoms with Crippen molar-refractivity contribution in [3.05, 3.63) is 29.8 Å². The Balaban J connectivity index is 2.54. The van der Waals surface area contributed by atoms with Crippen molar-refractivity contribution < 1.29 is 13.5 Å². The molecule has 0 aliphatic heterocycles. The molecule has 0 saturated heterocycles. The van der Waals surface area contributed by atoms with E-state index in [1.54, 1.807) is 12.1 Å². The lowest BCUT2D eigenvalue weighted by Crippen LogP contribution is -2.37. The summed E-state index contributed by atoms with van der Waals surface area (Å²) in [7, 11) is 0.827. The van der Waals surface area contributed by atoms with Crippen LogP contribution in [-0.4, -0.2) is 57.9 Å². The van der Waals surface area contributed by atoms with E-state index >= 15 is 0 Å². The quantitative estimate of drug-likeness (QED) is 0.774.